The van der Waals surface area contributed by atoms with Gasteiger partial charge in [0.25, 0.3) is 0 Å². The molecule has 4 aromatic rings. The highest BCUT2D eigenvalue weighted by atomic mass is 15.3. The van der Waals surface area contributed by atoms with Crippen molar-refractivity contribution in [3.05, 3.63) is 60.3 Å². The largest absolute Gasteiger partial charge is 0.383 e. The summed E-state index contributed by atoms with van der Waals surface area (Å²) in [5.74, 6) is 7.23. The lowest BCUT2D eigenvalue weighted by Crippen LogP contribution is -2.11. The van der Waals surface area contributed by atoms with Crippen LogP contribution in [0, 0.1) is 0 Å². The zero-order valence-corrected chi connectivity index (χ0v) is 16.1. The number of imidazole rings is 1. The summed E-state index contributed by atoms with van der Waals surface area (Å²) in [6, 6.07) is 15.8. The minimum atomic E-state index is 0.0705. The Morgan fingerprint density at radius 1 is 0.964 bits per heavy atom. The third-order valence-corrected chi connectivity index (χ3v) is 4.72. The average Bonchev–Trinajstić information content (AvgIpc) is 3.06. The van der Waals surface area contributed by atoms with Crippen molar-refractivity contribution in [3.8, 4) is 17.1 Å². The molecule has 0 spiro atoms. The summed E-state index contributed by atoms with van der Waals surface area (Å²) in [7, 11) is 0. The van der Waals surface area contributed by atoms with Crippen LogP contribution in [0.4, 0.5) is 11.6 Å². The second-order valence-electron chi connectivity index (χ2n) is 7.69. The molecular weight excluding hydrogens is 350 g/mol. The van der Waals surface area contributed by atoms with E-state index < -0.39 is 0 Å². The van der Waals surface area contributed by atoms with Gasteiger partial charge in [0.1, 0.15) is 17.2 Å². The van der Waals surface area contributed by atoms with Crippen molar-refractivity contribution in [1.29, 1.82) is 0 Å². The second kappa shape index (κ2) is 6.61. The maximum Gasteiger partial charge on any atom is 0.167 e. The first-order chi connectivity index (χ1) is 13.4. The molecule has 1 aromatic carbocycles. The van der Waals surface area contributed by atoms with Gasteiger partial charge in [0.05, 0.1) is 5.56 Å². The van der Waals surface area contributed by atoms with Gasteiger partial charge >= 0.3 is 0 Å². The Morgan fingerprint density at radius 2 is 1.71 bits per heavy atom. The third kappa shape index (κ3) is 3.05. The van der Waals surface area contributed by atoms with Crippen molar-refractivity contribution in [3.63, 3.8) is 0 Å². The van der Waals surface area contributed by atoms with E-state index >= 15 is 0 Å². The minimum absolute atomic E-state index is 0.0705. The number of nitrogens with zero attached hydrogens (tertiary/aromatic N) is 4. The normalized spacial score (nSPS) is 11.7. The van der Waals surface area contributed by atoms with Gasteiger partial charge in [-0.15, -0.1) is 0 Å². The van der Waals surface area contributed by atoms with Crippen LogP contribution in [0.25, 0.3) is 28.2 Å². The lowest BCUT2D eigenvalue weighted by molar-refractivity contribution is 0.590. The van der Waals surface area contributed by atoms with Crippen LogP contribution < -0.4 is 17.0 Å². The SMILES string of the molecule is CC(C)(C)c1ccc(-n2c(-c3cccnc3N)nc3ccc(NN)nc32)cc1. The van der Waals surface area contributed by atoms with Crippen molar-refractivity contribution in [1.82, 2.24) is 19.5 Å². The molecule has 0 fully saturated rings. The number of benzene rings is 1. The summed E-state index contributed by atoms with van der Waals surface area (Å²) in [6.07, 6.45) is 1.67. The van der Waals surface area contributed by atoms with Crippen LogP contribution in [0.3, 0.4) is 0 Å². The summed E-state index contributed by atoms with van der Waals surface area (Å²) in [6.45, 7) is 6.57. The molecular formula is C21H23N7. The van der Waals surface area contributed by atoms with Gasteiger partial charge in [-0.2, -0.15) is 0 Å². The van der Waals surface area contributed by atoms with Crippen molar-refractivity contribution < 1.29 is 0 Å². The number of anilines is 2. The van der Waals surface area contributed by atoms with Crippen molar-refractivity contribution >= 4 is 22.8 Å². The molecule has 0 radical (unpaired) electrons. The van der Waals surface area contributed by atoms with E-state index in [-0.39, 0.29) is 5.41 Å². The third-order valence-electron chi connectivity index (χ3n) is 4.72. The maximum absolute atomic E-state index is 6.14. The Kier molecular flexibility index (Phi) is 4.24. The Hall–Kier alpha value is -3.45. The highest BCUT2D eigenvalue weighted by Gasteiger charge is 2.19. The van der Waals surface area contributed by atoms with Crippen LogP contribution in [-0.2, 0) is 5.41 Å². The highest BCUT2D eigenvalue weighted by molar-refractivity contribution is 5.83. The highest BCUT2D eigenvalue weighted by Crippen LogP contribution is 2.31. The molecule has 0 amide bonds. The van der Waals surface area contributed by atoms with Gasteiger partial charge < -0.3 is 11.2 Å². The monoisotopic (exact) mass is 373 g/mol. The molecule has 142 valence electrons. The van der Waals surface area contributed by atoms with E-state index in [0.717, 1.165) is 16.8 Å². The smallest absolute Gasteiger partial charge is 0.167 e. The fourth-order valence-electron chi connectivity index (χ4n) is 3.18. The molecule has 0 unspecified atom stereocenters. The first-order valence-electron chi connectivity index (χ1n) is 9.06. The summed E-state index contributed by atoms with van der Waals surface area (Å²) in [4.78, 5) is 13.6. The number of pyridine rings is 2. The Bertz CT molecular complexity index is 1140. The number of nitrogens with two attached hydrogens (primary N) is 2. The number of hydrogen-bond acceptors (Lipinski definition) is 6. The van der Waals surface area contributed by atoms with Crippen LogP contribution in [0.15, 0.2) is 54.7 Å². The van der Waals surface area contributed by atoms with Crippen molar-refractivity contribution in [2.75, 3.05) is 11.2 Å². The fourth-order valence-corrected chi connectivity index (χ4v) is 3.18. The molecule has 0 aliphatic heterocycles. The maximum atomic E-state index is 6.14. The van der Waals surface area contributed by atoms with Crippen LogP contribution in [-0.4, -0.2) is 19.5 Å². The molecule has 3 heterocycles. The van der Waals surface area contributed by atoms with Crippen LogP contribution in [0.1, 0.15) is 26.3 Å². The molecule has 28 heavy (non-hydrogen) atoms. The number of fused-ring (bicyclic) bond motifs is 1. The van der Waals surface area contributed by atoms with Crippen molar-refractivity contribution in [2.45, 2.75) is 26.2 Å². The van der Waals surface area contributed by atoms with E-state index in [2.05, 4.69) is 60.4 Å². The minimum Gasteiger partial charge on any atom is -0.383 e. The molecule has 0 aliphatic carbocycles. The molecule has 0 atom stereocenters. The van der Waals surface area contributed by atoms with E-state index in [1.807, 2.05) is 22.8 Å². The summed E-state index contributed by atoms with van der Waals surface area (Å²) < 4.78 is 1.98. The number of aromatic nitrogens is 4. The van der Waals surface area contributed by atoms with Crippen LogP contribution >= 0.6 is 0 Å². The average molecular weight is 373 g/mol. The number of nitrogen functional groups attached to an aromatic ring is 2. The fraction of sp³-hybridized carbons (Fsp3) is 0.190. The molecule has 0 saturated heterocycles. The standard InChI is InChI=1S/C21H23N7/c1-21(2,3)13-6-8-14(9-7-13)28-19(15-5-4-12-24-18(15)22)25-16-10-11-17(27-23)26-20(16)28/h4-12H,23H2,1-3H3,(H2,22,24)(H,26,27). The predicted molar refractivity (Wildman–Crippen MR) is 113 cm³/mol. The molecule has 0 aliphatic rings. The molecule has 0 saturated carbocycles. The summed E-state index contributed by atoms with van der Waals surface area (Å²) in [5, 5.41) is 0. The van der Waals surface area contributed by atoms with Gasteiger partial charge in [-0.05, 0) is 47.4 Å². The molecule has 4 rings (SSSR count). The molecule has 7 heteroatoms. The topological polar surface area (TPSA) is 108 Å². The Balaban J connectivity index is 1.99. The lowest BCUT2D eigenvalue weighted by Gasteiger charge is -2.19. The van der Waals surface area contributed by atoms with Crippen LogP contribution in [0.5, 0.6) is 0 Å². The van der Waals surface area contributed by atoms with E-state index in [4.69, 9.17) is 16.6 Å². The van der Waals surface area contributed by atoms with Crippen molar-refractivity contribution in [2.24, 2.45) is 5.84 Å². The number of nitrogens with one attached hydrogen (secondary N) is 1. The van der Waals surface area contributed by atoms with Gasteiger partial charge in [0.15, 0.2) is 11.5 Å². The van der Waals surface area contributed by atoms with E-state index in [1.54, 1.807) is 12.3 Å². The lowest BCUT2D eigenvalue weighted by atomic mass is 9.87. The number of hydrazine groups is 1. The summed E-state index contributed by atoms with van der Waals surface area (Å²) in [5.41, 5.74) is 13.2. The van der Waals surface area contributed by atoms with E-state index in [9.17, 15) is 0 Å². The zero-order chi connectivity index (χ0) is 19.9. The molecule has 3 aromatic heterocycles. The molecule has 0 bridgehead atoms. The predicted octanol–water partition coefficient (Wildman–Crippen LogP) is 3.65. The number of rotatable bonds is 3. The summed E-state index contributed by atoms with van der Waals surface area (Å²) >= 11 is 0. The quantitative estimate of drug-likeness (QED) is 0.374. The van der Waals surface area contributed by atoms with Gasteiger partial charge in [0.2, 0.25) is 0 Å². The van der Waals surface area contributed by atoms with Gasteiger partial charge in [-0.1, -0.05) is 32.9 Å². The number of hydrogen-bond donors (Lipinski definition) is 3. The second-order valence-corrected chi connectivity index (χ2v) is 7.69. The Morgan fingerprint density at radius 3 is 2.36 bits per heavy atom. The van der Waals surface area contributed by atoms with E-state index in [0.29, 0.717) is 23.1 Å². The first-order valence-corrected chi connectivity index (χ1v) is 9.06. The van der Waals surface area contributed by atoms with Gasteiger partial charge in [-0.3, -0.25) is 4.57 Å². The van der Waals surface area contributed by atoms with Gasteiger partial charge in [-0.25, -0.2) is 20.8 Å². The molecule has 7 nitrogen and oxygen atoms in total. The zero-order valence-electron chi connectivity index (χ0n) is 16.1. The first kappa shape index (κ1) is 17.9. The Labute approximate surface area is 163 Å². The molecule has 5 N–H and O–H groups in total. The van der Waals surface area contributed by atoms with E-state index in [1.165, 1.54) is 5.56 Å². The van der Waals surface area contributed by atoms with Crippen LogP contribution in [0.2, 0.25) is 0 Å². The van der Waals surface area contributed by atoms with Gasteiger partial charge in [0, 0.05) is 11.9 Å².